The van der Waals surface area contributed by atoms with Crippen molar-refractivity contribution in [2.45, 2.75) is 26.1 Å². The molecule has 2 rings (SSSR count). The first-order valence-corrected chi connectivity index (χ1v) is 7.27. The maximum Gasteiger partial charge on any atom is 0.431 e. The molecule has 0 fully saturated rings. The van der Waals surface area contributed by atoms with Gasteiger partial charge in [-0.05, 0) is 31.6 Å². The second-order valence-electron chi connectivity index (χ2n) is 4.95. The van der Waals surface area contributed by atoms with Crippen LogP contribution >= 0.6 is 12.2 Å². The van der Waals surface area contributed by atoms with Crippen LogP contribution in [0.25, 0.3) is 0 Å². The fourth-order valence-electron chi connectivity index (χ4n) is 2.23. The third-order valence-corrected chi connectivity index (χ3v) is 3.48. The van der Waals surface area contributed by atoms with Gasteiger partial charge in [0.15, 0.2) is 5.11 Å². The number of carbonyl (C=O) groups is 1. The number of nitrogens with one attached hydrogen (secondary N) is 2. The van der Waals surface area contributed by atoms with Crippen molar-refractivity contribution in [2.24, 2.45) is 0 Å². The van der Waals surface area contributed by atoms with E-state index in [1.54, 1.807) is 24.3 Å². The van der Waals surface area contributed by atoms with E-state index in [1.165, 1.54) is 6.92 Å². The molecule has 0 spiro atoms. The van der Waals surface area contributed by atoms with Crippen molar-refractivity contribution in [3.63, 3.8) is 0 Å². The van der Waals surface area contributed by atoms with Crippen LogP contribution in [0.15, 0.2) is 35.5 Å². The van der Waals surface area contributed by atoms with Crippen LogP contribution in [0.2, 0.25) is 0 Å². The second kappa shape index (κ2) is 6.57. The first kappa shape index (κ1) is 17.3. The number of rotatable bonds is 3. The minimum absolute atomic E-state index is 0.0292. The van der Waals surface area contributed by atoms with Crippen LogP contribution in [-0.4, -0.2) is 23.9 Å². The standard InChI is InChI=1S/C15H15F3N2O2S/c1-3-22-13(21)10-11(9-6-4-8(2)5-7-9)19-14(23)20-12(10)15(16,17)18/h4-7,11H,3H2,1-2H3,(H2,19,20,23)/t11-/m0/s1. The number of aryl methyl sites for hydroxylation is 1. The molecule has 124 valence electrons. The monoisotopic (exact) mass is 344 g/mol. The van der Waals surface area contributed by atoms with E-state index < -0.39 is 29.5 Å². The molecule has 8 heteroatoms. The van der Waals surface area contributed by atoms with Crippen molar-refractivity contribution in [1.29, 1.82) is 0 Å². The number of carbonyl (C=O) groups excluding carboxylic acids is 1. The van der Waals surface area contributed by atoms with Crippen molar-refractivity contribution >= 4 is 23.3 Å². The van der Waals surface area contributed by atoms with Crippen molar-refractivity contribution in [2.75, 3.05) is 6.61 Å². The minimum Gasteiger partial charge on any atom is -0.463 e. The van der Waals surface area contributed by atoms with Gasteiger partial charge in [-0.3, -0.25) is 0 Å². The van der Waals surface area contributed by atoms with Crippen LogP contribution < -0.4 is 10.6 Å². The first-order valence-electron chi connectivity index (χ1n) is 6.86. The number of ether oxygens (including phenoxy) is 1. The fourth-order valence-corrected chi connectivity index (χ4v) is 2.45. The lowest BCUT2D eigenvalue weighted by molar-refractivity contribution is -0.140. The van der Waals surface area contributed by atoms with Gasteiger partial charge in [-0.2, -0.15) is 13.2 Å². The van der Waals surface area contributed by atoms with Gasteiger partial charge in [-0.1, -0.05) is 29.8 Å². The smallest absolute Gasteiger partial charge is 0.431 e. The maximum atomic E-state index is 13.3. The SMILES string of the molecule is CCOC(=O)C1=C(C(F)(F)F)NC(=S)N[C@H]1c1ccc(C)cc1. The number of alkyl halides is 3. The molecule has 23 heavy (non-hydrogen) atoms. The van der Waals surface area contributed by atoms with Crippen molar-refractivity contribution < 1.29 is 22.7 Å². The van der Waals surface area contributed by atoms with Crippen LogP contribution in [-0.2, 0) is 9.53 Å². The molecule has 4 nitrogen and oxygen atoms in total. The van der Waals surface area contributed by atoms with E-state index >= 15 is 0 Å². The fraction of sp³-hybridized carbons (Fsp3) is 0.333. The Balaban J connectivity index is 2.59. The summed E-state index contributed by atoms with van der Waals surface area (Å²) in [5.41, 5.74) is -0.283. The molecule has 1 atom stereocenters. The minimum atomic E-state index is -4.75. The number of hydrogen-bond acceptors (Lipinski definition) is 3. The highest BCUT2D eigenvalue weighted by molar-refractivity contribution is 7.80. The highest BCUT2D eigenvalue weighted by atomic mass is 32.1. The van der Waals surface area contributed by atoms with Crippen LogP contribution in [0, 0.1) is 6.92 Å². The summed E-state index contributed by atoms with van der Waals surface area (Å²) in [6.45, 7) is 3.35. The van der Waals surface area contributed by atoms with Crippen molar-refractivity contribution in [3.05, 3.63) is 46.7 Å². The van der Waals surface area contributed by atoms with E-state index in [-0.39, 0.29) is 11.7 Å². The van der Waals surface area contributed by atoms with Crippen molar-refractivity contribution in [1.82, 2.24) is 10.6 Å². The lowest BCUT2D eigenvalue weighted by Gasteiger charge is -2.31. The summed E-state index contributed by atoms with van der Waals surface area (Å²) in [7, 11) is 0. The van der Waals surface area contributed by atoms with Gasteiger partial charge < -0.3 is 15.4 Å². The molecule has 0 amide bonds. The lowest BCUT2D eigenvalue weighted by atomic mass is 9.94. The van der Waals surface area contributed by atoms with Crippen LogP contribution in [0.3, 0.4) is 0 Å². The molecule has 0 saturated heterocycles. The Morgan fingerprint density at radius 1 is 1.30 bits per heavy atom. The van der Waals surface area contributed by atoms with Gasteiger partial charge in [0.25, 0.3) is 0 Å². The Kier molecular flexibility index (Phi) is 4.93. The normalized spacial score (nSPS) is 18.3. The zero-order valence-electron chi connectivity index (χ0n) is 12.5. The Morgan fingerprint density at radius 2 is 1.91 bits per heavy atom. The summed E-state index contributed by atoms with van der Waals surface area (Å²) in [6.07, 6.45) is -4.75. The lowest BCUT2D eigenvalue weighted by Crippen LogP contribution is -2.49. The summed E-state index contributed by atoms with van der Waals surface area (Å²) in [6, 6.07) is 5.76. The largest absolute Gasteiger partial charge is 0.463 e. The van der Waals surface area contributed by atoms with E-state index in [9.17, 15) is 18.0 Å². The van der Waals surface area contributed by atoms with Gasteiger partial charge in [-0.25, -0.2) is 4.79 Å². The number of allylic oxidation sites excluding steroid dienone is 1. The van der Waals surface area contributed by atoms with Crippen molar-refractivity contribution in [3.8, 4) is 0 Å². The number of esters is 1. The molecule has 1 aromatic rings. The van der Waals surface area contributed by atoms with E-state index in [4.69, 9.17) is 17.0 Å². The maximum absolute atomic E-state index is 13.3. The third kappa shape index (κ3) is 3.82. The quantitative estimate of drug-likeness (QED) is 0.652. The van der Waals surface area contributed by atoms with Crippen LogP contribution in [0.4, 0.5) is 13.2 Å². The molecule has 1 aliphatic rings. The van der Waals surface area contributed by atoms with E-state index in [0.29, 0.717) is 5.56 Å². The van der Waals surface area contributed by atoms with Crippen LogP contribution in [0.1, 0.15) is 24.1 Å². The topological polar surface area (TPSA) is 50.4 Å². The molecule has 0 aromatic heterocycles. The molecule has 1 heterocycles. The Bertz CT molecular complexity index is 654. The molecule has 1 aromatic carbocycles. The molecule has 2 N–H and O–H groups in total. The molecule has 0 aliphatic carbocycles. The molecule has 0 saturated carbocycles. The Morgan fingerprint density at radius 3 is 2.43 bits per heavy atom. The summed E-state index contributed by atoms with van der Waals surface area (Å²) < 4.78 is 44.7. The number of hydrogen-bond donors (Lipinski definition) is 2. The first-order chi connectivity index (χ1) is 10.7. The molecule has 0 radical (unpaired) electrons. The highest BCUT2D eigenvalue weighted by Crippen LogP contribution is 2.35. The molecular formula is C15H15F3N2O2S. The van der Waals surface area contributed by atoms with Crippen LogP contribution in [0.5, 0.6) is 0 Å². The summed E-state index contributed by atoms with van der Waals surface area (Å²) in [5, 5.41) is 4.54. The predicted octanol–water partition coefficient (Wildman–Crippen LogP) is 2.89. The van der Waals surface area contributed by atoms with E-state index in [2.05, 4.69) is 5.32 Å². The summed E-state index contributed by atoms with van der Waals surface area (Å²) >= 11 is 4.85. The Labute approximate surface area is 136 Å². The zero-order valence-corrected chi connectivity index (χ0v) is 13.3. The highest BCUT2D eigenvalue weighted by Gasteiger charge is 2.44. The summed E-state index contributed by atoms with van der Waals surface area (Å²) in [4.78, 5) is 12.1. The molecule has 0 unspecified atom stereocenters. The predicted molar refractivity (Wildman–Crippen MR) is 82.5 cm³/mol. The average Bonchev–Trinajstić information content (AvgIpc) is 2.46. The van der Waals surface area contributed by atoms with Gasteiger partial charge in [0.1, 0.15) is 5.70 Å². The molecular weight excluding hydrogens is 329 g/mol. The van der Waals surface area contributed by atoms with Gasteiger partial charge in [-0.15, -0.1) is 0 Å². The van der Waals surface area contributed by atoms with Gasteiger partial charge >= 0.3 is 12.1 Å². The zero-order chi connectivity index (χ0) is 17.2. The number of halogens is 3. The third-order valence-electron chi connectivity index (χ3n) is 3.26. The van der Waals surface area contributed by atoms with Gasteiger partial charge in [0.05, 0.1) is 18.2 Å². The van der Waals surface area contributed by atoms with Gasteiger partial charge in [0, 0.05) is 0 Å². The van der Waals surface area contributed by atoms with E-state index in [0.717, 1.165) is 5.56 Å². The van der Waals surface area contributed by atoms with E-state index in [1.807, 2.05) is 12.2 Å². The summed E-state index contributed by atoms with van der Waals surface area (Å²) in [5.74, 6) is -1.03. The molecule has 0 bridgehead atoms. The average molecular weight is 344 g/mol. The number of benzene rings is 1. The Hall–Kier alpha value is -2.09. The number of thiocarbonyl (C=S) groups is 1. The van der Waals surface area contributed by atoms with Gasteiger partial charge in [0.2, 0.25) is 0 Å². The molecule has 1 aliphatic heterocycles. The second-order valence-corrected chi connectivity index (χ2v) is 5.36.